The Morgan fingerprint density at radius 3 is 2.48 bits per heavy atom. The first kappa shape index (κ1) is 24.6. The minimum atomic E-state index is -3.94. The number of aromatic nitrogens is 4. The van der Waals surface area contributed by atoms with Gasteiger partial charge in [0, 0.05) is 35.4 Å². The van der Waals surface area contributed by atoms with Gasteiger partial charge in [-0.15, -0.1) is 0 Å². The summed E-state index contributed by atoms with van der Waals surface area (Å²) in [4.78, 5) is 15.5. The Balaban J connectivity index is 1.40. The van der Waals surface area contributed by atoms with Gasteiger partial charge < -0.3 is 14.6 Å². The maximum Gasteiger partial charge on any atom is 0.269 e. The predicted molar refractivity (Wildman–Crippen MR) is 157 cm³/mol. The van der Waals surface area contributed by atoms with E-state index >= 15 is 0 Å². The van der Waals surface area contributed by atoms with Crippen molar-refractivity contribution in [1.29, 1.82) is 0 Å². The van der Waals surface area contributed by atoms with Crippen LogP contribution in [0.2, 0.25) is 0 Å². The summed E-state index contributed by atoms with van der Waals surface area (Å²) in [6, 6.07) is 26.6. The van der Waals surface area contributed by atoms with Crippen molar-refractivity contribution in [2.75, 3.05) is 24.7 Å². The van der Waals surface area contributed by atoms with Gasteiger partial charge in [-0.1, -0.05) is 54.6 Å². The largest absolute Gasteiger partial charge is 0.377 e. The molecule has 1 aliphatic rings. The van der Waals surface area contributed by atoms with Crippen molar-refractivity contribution >= 4 is 37.8 Å². The highest BCUT2D eigenvalue weighted by atomic mass is 32.2. The molecule has 1 N–H and O–H groups in total. The zero-order valence-electron chi connectivity index (χ0n) is 21.9. The van der Waals surface area contributed by atoms with Gasteiger partial charge in [-0.2, -0.15) is 0 Å². The van der Waals surface area contributed by atoms with E-state index in [9.17, 15) is 8.42 Å². The van der Waals surface area contributed by atoms with Gasteiger partial charge in [0.1, 0.15) is 5.82 Å². The van der Waals surface area contributed by atoms with Gasteiger partial charge in [0.05, 0.1) is 29.5 Å². The maximum atomic E-state index is 14.0. The summed E-state index contributed by atoms with van der Waals surface area (Å²) in [5, 5.41) is 1.66. The van der Waals surface area contributed by atoms with E-state index in [2.05, 4.69) is 16.8 Å². The molecule has 0 bridgehead atoms. The number of nitrogens with one attached hydrogen (secondary N) is 1. The van der Waals surface area contributed by atoms with Crippen LogP contribution in [0, 0.1) is 0 Å². The van der Waals surface area contributed by atoms with Crippen LogP contribution in [0.25, 0.3) is 44.5 Å². The third-order valence-electron chi connectivity index (χ3n) is 7.48. The van der Waals surface area contributed by atoms with E-state index in [1.807, 2.05) is 72.9 Å². The first-order chi connectivity index (χ1) is 19.5. The molecule has 1 saturated heterocycles. The van der Waals surface area contributed by atoms with Crippen LogP contribution in [0.5, 0.6) is 0 Å². The Labute approximate surface area is 231 Å². The molecule has 200 valence electrons. The summed E-state index contributed by atoms with van der Waals surface area (Å²) < 4.78 is 34.9. The number of H-pyrrole nitrogens is 1. The van der Waals surface area contributed by atoms with E-state index in [1.165, 1.54) is 3.97 Å². The Hall–Kier alpha value is -4.47. The molecule has 4 heterocycles. The number of anilines is 1. The molecule has 0 aliphatic carbocycles. The van der Waals surface area contributed by atoms with Crippen LogP contribution < -0.4 is 4.90 Å². The Morgan fingerprint density at radius 2 is 1.68 bits per heavy atom. The van der Waals surface area contributed by atoms with Crippen LogP contribution in [0.4, 0.5) is 5.82 Å². The Kier molecular flexibility index (Phi) is 5.91. The monoisotopic (exact) mass is 549 g/mol. The third-order valence-corrected chi connectivity index (χ3v) is 9.17. The van der Waals surface area contributed by atoms with Crippen molar-refractivity contribution in [2.45, 2.75) is 17.9 Å². The van der Waals surface area contributed by atoms with E-state index in [0.717, 1.165) is 27.6 Å². The highest BCUT2D eigenvalue weighted by molar-refractivity contribution is 7.90. The fraction of sp³-hybridized carbons (Fsp3) is 0.161. The van der Waals surface area contributed by atoms with Gasteiger partial charge in [0.2, 0.25) is 0 Å². The minimum absolute atomic E-state index is 0.0771. The van der Waals surface area contributed by atoms with Crippen LogP contribution >= 0.6 is 0 Å². The average Bonchev–Trinajstić information content (AvgIpc) is 3.65. The summed E-state index contributed by atoms with van der Waals surface area (Å²) in [6.45, 7) is 3.88. The molecule has 0 radical (unpaired) electrons. The molecule has 1 fully saturated rings. The predicted octanol–water partition coefficient (Wildman–Crippen LogP) is 5.71. The van der Waals surface area contributed by atoms with Crippen molar-refractivity contribution in [3.63, 3.8) is 0 Å². The van der Waals surface area contributed by atoms with Gasteiger partial charge >= 0.3 is 0 Å². The standard InChI is InChI=1S/C31H27N5O3S/c1-21-20-39-19-18-35(21)30-27-15-17-36(31(27)34-29(33-30)26-8-5-9-28-25(26)14-16-32-28)40(37,38)24-12-10-23(11-13-24)22-6-3-2-4-7-22/h2-17,21,32H,18-20H2,1H3/t21-/m1/s1. The molecule has 1 atom stereocenters. The summed E-state index contributed by atoms with van der Waals surface area (Å²) in [5.74, 6) is 1.18. The normalized spacial score (nSPS) is 16.1. The van der Waals surface area contributed by atoms with Crippen molar-refractivity contribution in [3.8, 4) is 22.5 Å². The van der Waals surface area contributed by atoms with Gasteiger partial charge in [-0.05, 0) is 48.4 Å². The number of hydrogen-bond acceptors (Lipinski definition) is 6. The molecule has 0 unspecified atom stereocenters. The van der Waals surface area contributed by atoms with Crippen molar-refractivity contribution in [3.05, 3.63) is 97.3 Å². The molecule has 8 nitrogen and oxygen atoms in total. The highest BCUT2D eigenvalue weighted by Crippen LogP contribution is 2.34. The number of rotatable bonds is 5. The minimum Gasteiger partial charge on any atom is -0.377 e. The molecule has 0 amide bonds. The maximum absolute atomic E-state index is 14.0. The second-order valence-electron chi connectivity index (χ2n) is 9.98. The molecule has 0 spiro atoms. The highest BCUT2D eigenvalue weighted by Gasteiger charge is 2.28. The van der Waals surface area contributed by atoms with Gasteiger partial charge in [-0.25, -0.2) is 22.4 Å². The quantitative estimate of drug-likeness (QED) is 0.296. The zero-order valence-corrected chi connectivity index (χ0v) is 22.7. The van der Waals surface area contributed by atoms with Crippen molar-refractivity contribution < 1.29 is 13.2 Å². The number of morpholine rings is 1. The molecule has 3 aromatic heterocycles. The molecule has 1 aliphatic heterocycles. The lowest BCUT2D eigenvalue weighted by molar-refractivity contribution is 0.0987. The third kappa shape index (κ3) is 4.06. The summed E-state index contributed by atoms with van der Waals surface area (Å²) in [5.41, 5.74) is 4.12. The lowest BCUT2D eigenvalue weighted by Crippen LogP contribution is -2.44. The number of benzene rings is 3. The second-order valence-corrected chi connectivity index (χ2v) is 11.8. The molecule has 6 aromatic rings. The van der Waals surface area contributed by atoms with Crippen molar-refractivity contribution in [1.82, 2.24) is 18.9 Å². The van der Waals surface area contributed by atoms with Crippen LogP contribution in [0.3, 0.4) is 0 Å². The first-order valence-electron chi connectivity index (χ1n) is 13.2. The zero-order chi connectivity index (χ0) is 27.3. The van der Waals surface area contributed by atoms with Crippen LogP contribution in [-0.4, -0.2) is 53.1 Å². The number of hydrogen-bond donors (Lipinski definition) is 1. The van der Waals surface area contributed by atoms with E-state index in [0.29, 0.717) is 42.4 Å². The lowest BCUT2D eigenvalue weighted by atomic mass is 10.1. The number of nitrogens with zero attached hydrogens (tertiary/aromatic N) is 4. The van der Waals surface area contributed by atoms with Crippen molar-refractivity contribution in [2.24, 2.45) is 0 Å². The molecule has 7 rings (SSSR count). The molecule has 3 aromatic carbocycles. The molecular weight excluding hydrogens is 522 g/mol. The molecule has 40 heavy (non-hydrogen) atoms. The van der Waals surface area contributed by atoms with E-state index in [-0.39, 0.29) is 10.9 Å². The van der Waals surface area contributed by atoms with E-state index < -0.39 is 10.0 Å². The first-order valence-corrected chi connectivity index (χ1v) is 14.7. The summed E-state index contributed by atoms with van der Waals surface area (Å²) in [6.07, 6.45) is 3.46. The fourth-order valence-corrected chi connectivity index (χ4v) is 6.69. The van der Waals surface area contributed by atoms with Gasteiger partial charge in [0.15, 0.2) is 11.5 Å². The number of ether oxygens (including phenoxy) is 1. The average molecular weight is 550 g/mol. The summed E-state index contributed by atoms with van der Waals surface area (Å²) >= 11 is 0. The summed E-state index contributed by atoms with van der Waals surface area (Å²) in [7, 11) is -3.94. The van der Waals surface area contributed by atoms with Crippen LogP contribution in [0.15, 0.2) is 102 Å². The smallest absolute Gasteiger partial charge is 0.269 e. The second kappa shape index (κ2) is 9.62. The number of fused-ring (bicyclic) bond motifs is 2. The molecule has 0 saturated carbocycles. The topological polar surface area (TPSA) is 93.1 Å². The van der Waals surface area contributed by atoms with E-state index in [1.54, 1.807) is 24.4 Å². The van der Waals surface area contributed by atoms with Gasteiger partial charge in [-0.3, -0.25) is 0 Å². The van der Waals surface area contributed by atoms with Crippen LogP contribution in [-0.2, 0) is 14.8 Å². The fourth-order valence-electron chi connectivity index (χ4n) is 5.40. The SMILES string of the molecule is C[C@@H]1COCCN1c1nc(-c2cccc3[nH]ccc23)nc2c1ccn2S(=O)(=O)c1ccc(-c2ccccc2)cc1. The lowest BCUT2D eigenvalue weighted by Gasteiger charge is -2.34. The molecule has 9 heteroatoms. The number of aromatic amines is 1. The Bertz CT molecular complexity index is 1950. The van der Waals surface area contributed by atoms with Gasteiger partial charge in [0.25, 0.3) is 10.0 Å². The molecular formula is C31H27N5O3S. The Morgan fingerprint density at radius 1 is 0.875 bits per heavy atom. The van der Waals surface area contributed by atoms with Crippen LogP contribution in [0.1, 0.15) is 6.92 Å². The van der Waals surface area contributed by atoms with E-state index in [4.69, 9.17) is 14.7 Å².